The maximum absolute atomic E-state index is 6.33. The third kappa shape index (κ3) is 2.82. The van der Waals surface area contributed by atoms with Gasteiger partial charge in [0.25, 0.3) is 0 Å². The van der Waals surface area contributed by atoms with Crippen LogP contribution < -0.4 is 9.80 Å². The lowest BCUT2D eigenvalue weighted by molar-refractivity contribution is -0.0802. The molecule has 4 heterocycles. The third-order valence-electron chi connectivity index (χ3n) is 5.39. The molecule has 0 N–H and O–H groups in total. The van der Waals surface area contributed by atoms with E-state index >= 15 is 0 Å². The molecule has 26 heavy (non-hydrogen) atoms. The number of fused-ring (bicyclic) bond motifs is 2. The van der Waals surface area contributed by atoms with E-state index in [4.69, 9.17) is 9.72 Å². The number of rotatable bonds is 3. The number of hydrogen-bond acceptors (Lipinski definition) is 7. The van der Waals surface area contributed by atoms with Crippen LogP contribution in [0, 0.1) is 0 Å². The van der Waals surface area contributed by atoms with E-state index in [1.807, 2.05) is 36.9 Å². The van der Waals surface area contributed by atoms with E-state index in [9.17, 15) is 0 Å². The number of ether oxygens (including phenoxy) is 1. The number of piperidine rings is 1. The zero-order valence-corrected chi connectivity index (χ0v) is 16.1. The lowest BCUT2D eigenvalue weighted by Gasteiger charge is -2.44. The molecule has 0 amide bonds. The van der Waals surface area contributed by atoms with Crippen molar-refractivity contribution in [3.63, 3.8) is 0 Å². The van der Waals surface area contributed by atoms with Gasteiger partial charge >= 0.3 is 0 Å². The smallest absolute Gasteiger partial charge is 0.225 e. The molecule has 0 radical (unpaired) electrons. The van der Waals surface area contributed by atoms with Crippen LogP contribution in [0.1, 0.15) is 36.8 Å². The number of aromatic nitrogens is 5. The van der Waals surface area contributed by atoms with Crippen LogP contribution in [0.25, 0.3) is 0 Å². The van der Waals surface area contributed by atoms with Crippen LogP contribution in [0.2, 0.25) is 0 Å². The predicted octanol–water partition coefficient (Wildman–Crippen LogP) is 1.30. The standard InChI is InChI=1S/C18H27N7O/c1-5-14-20-17(24(4)22-14)25-9-7-18(8-10-25)15-13(6-11-26-18)12-19-16(21-15)23(2)3/h12H,5-11H2,1-4H3. The summed E-state index contributed by atoms with van der Waals surface area (Å²) >= 11 is 0. The normalized spacial score (nSPS) is 18.8. The Morgan fingerprint density at radius 1 is 1.23 bits per heavy atom. The monoisotopic (exact) mass is 357 g/mol. The topological polar surface area (TPSA) is 72.2 Å². The van der Waals surface area contributed by atoms with E-state index in [0.29, 0.717) is 0 Å². The second-order valence-corrected chi connectivity index (χ2v) is 7.32. The van der Waals surface area contributed by atoms with Gasteiger partial charge in [-0.2, -0.15) is 10.1 Å². The highest BCUT2D eigenvalue weighted by atomic mass is 16.5. The van der Waals surface area contributed by atoms with Crippen LogP contribution in [-0.2, 0) is 30.2 Å². The molecular formula is C18H27N7O. The van der Waals surface area contributed by atoms with E-state index in [1.165, 1.54) is 5.56 Å². The maximum Gasteiger partial charge on any atom is 0.225 e. The second-order valence-electron chi connectivity index (χ2n) is 7.32. The summed E-state index contributed by atoms with van der Waals surface area (Å²) in [5.41, 5.74) is 2.00. The van der Waals surface area contributed by atoms with Crippen molar-refractivity contribution in [1.82, 2.24) is 24.7 Å². The Kier molecular flexibility index (Phi) is 4.30. The molecule has 8 heteroatoms. The first-order valence-electron chi connectivity index (χ1n) is 9.35. The maximum atomic E-state index is 6.33. The molecule has 1 spiro atoms. The molecule has 2 aromatic rings. The summed E-state index contributed by atoms with van der Waals surface area (Å²) in [5.74, 6) is 2.59. The fourth-order valence-corrected chi connectivity index (χ4v) is 3.92. The van der Waals surface area contributed by atoms with Gasteiger partial charge in [-0.1, -0.05) is 6.92 Å². The molecule has 1 saturated heterocycles. The van der Waals surface area contributed by atoms with Crippen molar-refractivity contribution in [1.29, 1.82) is 0 Å². The van der Waals surface area contributed by atoms with Gasteiger partial charge in [0, 0.05) is 46.9 Å². The molecule has 0 atom stereocenters. The van der Waals surface area contributed by atoms with Crippen LogP contribution >= 0.6 is 0 Å². The van der Waals surface area contributed by atoms with Crippen LogP contribution in [0.15, 0.2) is 6.20 Å². The summed E-state index contributed by atoms with van der Waals surface area (Å²) in [4.78, 5) is 18.3. The minimum atomic E-state index is -0.302. The van der Waals surface area contributed by atoms with Crippen LogP contribution in [-0.4, -0.2) is 58.5 Å². The Morgan fingerprint density at radius 3 is 2.65 bits per heavy atom. The van der Waals surface area contributed by atoms with Crippen molar-refractivity contribution in [2.24, 2.45) is 7.05 Å². The van der Waals surface area contributed by atoms with E-state index in [1.54, 1.807) is 0 Å². The predicted molar refractivity (Wildman–Crippen MR) is 99.5 cm³/mol. The highest BCUT2D eigenvalue weighted by Crippen LogP contribution is 2.41. The van der Waals surface area contributed by atoms with Gasteiger partial charge < -0.3 is 14.5 Å². The molecule has 0 aromatic carbocycles. The summed E-state index contributed by atoms with van der Waals surface area (Å²) in [6, 6.07) is 0. The third-order valence-corrected chi connectivity index (χ3v) is 5.39. The van der Waals surface area contributed by atoms with Gasteiger partial charge in [-0.05, 0) is 24.8 Å². The zero-order chi connectivity index (χ0) is 18.3. The van der Waals surface area contributed by atoms with Gasteiger partial charge in [-0.15, -0.1) is 0 Å². The Hall–Kier alpha value is -2.22. The van der Waals surface area contributed by atoms with Crippen LogP contribution in [0.4, 0.5) is 11.9 Å². The first kappa shape index (κ1) is 17.2. The van der Waals surface area contributed by atoms with Crippen LogP contribution in [0.5, 0.6) is 0 Å². The highest BCUT2D eigenvalue weighted by molar-refractivity contribution is 5.38. The Balaban J connectivity index is 1.59. The van der Waals surface area contributed by atoms with Crippen molar-refractivity contribution >= 4 is 11.9 Å². The molecule has 140 valence electrons. The van der Waals surface area contributed by atoms with Crippen LogP contribution in [0.3, 0.4) is 0 Å². The summed E-state index contributed by atoms with van der Waals surface area (Å²) in [6.07, 6.45) is 5.52. The van der Waals surface area contributed by atoms with Gasteiger partial charge in [-0.3, -0.25) is 0 Å². The van der Waals surface area contributed by atoms with E-state index in [0.717, 1.165) is 68.8 Å². The largest absolute Gasteiger partial charge is 0.368 e. The molecule has 2 aliphatic heterocycles. The van der Waals surface area contributed by atoms with E-state index in [-0.39, 0.29) is 5.60 Å². The van der Waals surface area contributed by atoms with E-state index in [2.05, 4.69) is 26.9 Å². The lowest BCUT2D eigenvalue weighted by Crippen LogP contribution is -2.48. The Bertz CT molecular complexity index is 793. The molecule has 1 fully saturated rings. The molecule has 0 bridgehead atoms. The zero-order valence-electron chi connectivity index (χ0n) is 16.1. The first-order valence-corrected chi connectivity index (χ1v) is 9.35. The average Bonchev–Trinajstić information content (AvgIpc) is 3.03. The van der Waals surface area contributed by atoms with Gasteiger partial charge in [-0.25, -0.2) is 14.6 Å². The molecule has 0 unspecified atom stereocenters. The number of hydrogen-bond donors (Lipinski definition) is 0. The van der Waals surface area contributed by atoms with Crippen molar-refractivity contribution < 1.29 is 4.74 Å². The molecule has 0 saturated carbocycles. The van der Waals surface area contributed by atoms with Gasteiger partial charge in [0.15, 0.2) is 5.82 Å². The van der Waals surface area contributed by atoms with Crippen molar-refractivity contribution in [2.75, 3.05) is 43.6 Å². The minimum Gasteiger partial charge on any atom is -0.368 e. The second kappa shape index (κ2) is 6.50. The number of nitrogens with zero attached hydrogens (tertiary/aromatic N) is 7. The Morgan fingerprint density at radius 2 is 2.00 bits per heavy atom. The highest BCUT2D eigenvalue weighted by Gasteiger charge is 2.43. The molecule has 4 rings (SSSR count). The van der Waals surface area contributed by atoms with Crippen molar-refractivity contribution in [3.8, 4) is 0 Å². The van der Waals surface area contributed by atoms with E-state index < -0.39 is 0 Å². The molecule has 2 aromatic heterocycles. The quantitative estimate of drug-likeness (QED) is 0.820. The fourth-order valence-electron chi connectivity index (χ4n) is 3.92. The fraction of sp³-hybridized carbons (Fsp3) is 0.667. The number of aryl methyl sites for hydroxylation is 2. The van der Waals surface area contributed by atoms with Crippen molar-refractivity contribution in [3.05, 3.63) is 23.3 Å². The van der Waals surface area contributed by atoms with Gasteiger partial charge in [0.1, 0.15) is 5.60 Å². The molecule has 2 aliphatic rings. The molecular weight excluding hydrogens is 330 g/mol. The van der Waals surface area contributed by atoms with Crippen molar-refractivity contribution in [2.45, 2.75) is 38.2 Å². The lowest BCUT2D eigenvalue weighted by atomic mass is 9.83. The Labute approximate surface area is 154 Å². The summed E-state index contributed by atoms with van der Waals surface area (Å²) < 4.78 is 8.22. The SMILES string of the molecule is CCc1nc(N2CCC3(CC2)OCCc2cnc(N(C)C)nc23)n(C)n1. The summed E-state index contributed by atoms with van der Waals surface area (Å²) in [7, 11) is 5.91. The molecule has 0 aliphatic carbocycles. The summed E-state index contributed by atoms with van der Waals surface area (Å²) in [5, 5.41) is 4.48. The van der Waals surface area contributed by atoms with Gasteiger partial charge in [0.2, 0.25) is 11.9 Å². The average molecular weight is 357 g/mol. The first-order chi connectivity index (χ1) is 12.5. The minimum absolute atomic E-state index is 0.302. The summed E-state index contributed by atoms with van der Waals surface area (Å²) in [6.45, 7) is 4.59. The van der Waals surface area contributed by atoms with Gasteiger partial charge in [0.05, 0.1) is 12.3 Å². The number of anilines is 2. The molecule has 8 nitrogen and oxygen atoms in total.